The highest BCUT2D eigenvalue weighted by atomic mass is 16.6. The first kappa shape index (κ1) is 19.7. The monoisotopic (exact) mass is 401 g/mol. The zero-order valence-electron chi connectivity index (χ0n) is 16.8. The minimum atomic E-state index is -0.984. The van der Waals surface area contributed by atoms with Crippen LogP contribution >= 0.6 is 0 Å². The molecule has 1 unspecified atom stereocenters. The number of amides is 1. The van der Waals surface area contributed by atoms with Crippen molar-refractivity contribution in [1.29, 1.82) is 0 Å². The van der Waals surface area contributed by atoms with E-state index in [4.69, 9.17) is 9.72 Å². The zero-order valence-corrected chi connectivity index (χ0v) is 16.8. The molecule has 0 saturated carbocycles. The lowest BCUT2D eigenvalue weighted by atomic mass is 10.1. The maximum Gasteiger partial charge on any atom is 0.411 e. The Bertz CT molecular complexity index is 1150. The SMILES string of the molecule is CC(C)OC(=O)Nc1cccc(C(O)Nc2c3ccccc3nc3ccccc23)c1. The number of aromatic nitrogens is 1. The number of benzene rings is 3. The van der Waals surface area contributed by atoms with Crippen molar-refractivity contribution in [2.24, 2.45) is 0 Å². The van der Waals surface area contributed by atoms with Gasteiger partial charge < -0.3 is 15.2 Å². The van der Waals surface area contributed by atoms with Crippen molar-refractivity contribution in [2.45, 2.75) is 26.2 Å². The van der Waals surface area contributed by atoms with Gasteiger partial charge in [0.1, 0.15) is 0 Å². The van der Waals surface area contributed by atoms with Gasteiger partial charge in [-0.3, -0.25) is 5.32 Å². The van der Waals surface area contributed by atoms with Gasteiger partial charge in [-0.05, 0) is 38.1 Å². The van der Waals surface area contributed by atoms with Crippen molar-refractivity contribution in [3.05, 3.63) is 78.4 Å². The second kappa shape index (κ2) is 8.39. The molecule has 0 spiro atoms. The number of anilines is 2. The van der Waals surface area contributed by atoms with Crippen LogP contribution in [0.3, 0.4) is 0 Å². The standard InChI is InChI=1S/C24H23N3O3/c1-15(2)30-24(29)25-17-9-7-8-16(14-17)23(28)27-22-18-10-3-5-12-20(18)26-21-13-6-4-11-19(21)22/h3-15,23,28H,1-2H3,(H,25,29)(H,26,27). The number of aliphatic hydroxyl groups excluding tert-OH is 1. The van der Waals surface area contributed by atoms with Crippen molar-refractivity contribution in [1.82, 2.24) is 4.98 Å². The quantitative estimate of drug-likeness (QED) is 0.306. The molecule has 1 amide bonds. The van der Waals surface area contributed by atoms with Crippen LogP contribution in [0.1, 0.15) is 25.6 Å². The molecule has 4 aromatic rings. The number of carbonyl (C=O) groups excluding carboxylic acids is 1. The Hall–Kier alpha value is -3.64. The Morgan fingerprint density at radius 1 is 0.933 bits per heavy atom. The van der Waals surface area contributed by atoms with Crippen molar-refractivity contribution < 1.29 is 14.6 Å². The second-order valence-corrected chi connectivity index (χ2v) is 7.27. The Morgan fingerprint density at radius 3 is 2.20 bits per heavy atom. The van der Waals surface area contributed by atoms with E-state index in [1.54, 1.807) is 38.1 Å². The fraction of sp³-hybridized carbons (Fsp3) is 0.167. The Labute approximate surface area is 174 Å². The molecular formula is C24H23N3O3. The topological polar surface area (TPSA) is 83.5 Å². The van der Waals surface area contributed by atoms with Crippen molar-refractivity contribution in [2.75, 3.05) is 10.6 Å². The number of ether oxygens (including phenoxy) is 1. The van der Waals surface area contributed by atoms with Crippen LogP contribution in [0.15, 0.2) is 72.8 Å². The Balaban J connectivity index is 1.66. The minimum Gasteiger partial charge on any atom is -0.447 e. The van der Waals surface area contributed by atoms with Crippen LogP contribution in [0.4, 0.5) is 16.2 Å². The van der Waals surface area contributed by atoms with E-state index in [-0.39, 0.29) is 6.10 Å². The third-order valence-corrected chi connectivity index (χ3v) is 4.66. The molecule has 30 heavy (non-hydrogen) atoms. The van der Waals surface area contributed by atoms with E-state index in [0.29, 0.717) is 11.3 Å². The van der Waals surface area contributed by atoms with Gasteiger partial charge in [-0.15, -0.1) is 0 Å². The van der Waals surface area contributed by atoms with Gasteiger partial charge in [0.2, 0.25) is 0 Å². The van der Waals surface area contributed by atoms with Gasteiger partial charge in [0.05, 0.1) is 22.8 Å². The summed E-state index contributed by atoms with van der Waals surface area (Å²) in [5.41, 5.74) is 3.66. The number of rotatable bonds is 5. The van der Waals surface area contributed by atoms with Gasteiger partial charge in [0.15, 0.2) is 6.23 Å². The molecule has 4 rings (SSSR count). The summed E-state index contributed by atoms with van der Waals surface area (Å²) in [6, 6.07) is 22.6. The molecule has 0 aliphatic heterocycles. The predicted octanol–water partition coefficient (Wildman–Crippen LogP) is 5.45. The highest BCUT2D eigenvalue weighted by Gasteiger charge is 2.14. The van der Waals surface area contributed by atoms with E-state index in [1.165, 1.54) is 0 Å². The molecule has 0 fully saturated rings. The van der Waals surface area contributed by atoms with E-state index in [1.807, 2.05) is 48.5 Å². The Morgan fingerprint density at radius 2 is 1.57 bits per heavy atom. The first-order valence-electron chi connectivity index (χ1n) is 9.81. The van der Waals surface area contributed by atoms with Gasteiger partial charge >= 0.3 is 6.09 Å². The molecule has 0 aliphatic carbocycles. The van der Waals surface area contributed by atoms with Crippen LogP contribution in [-0.2, 0) is 4.74 Å². The van der Waals surface area contributed by atoms with Crippen molar-refractivity contribution in [3.63, 3.8) is 0 Å². The van der Waals surface area contributed by atoms with E-state index in [0.717, 1.165) is 27.5 Å². The van der Waals surface area contributed by atoms with Crippen LogP contribution in [0.5, 0.6) is 0 Å². The summed E-state index contributed by atoms with van der Waals surface area (Å²) in [6.07, 6.45) is -1.73. The summed E-state index contributed by atoms with van der Waals surface area (Å²) >= 11 is 0. The number of pyridine rings is 1. The van der Waals surface area contributed by atoms with Gasteiger partial charge in [-0.1, -0.05) is 48.5 Å². The molecule has 6 heteroatoms. The van der Waals surface area contributed by atoms with Gasteiger partial charge in [-0.2, -0.15) is 0 Å². The lowest BCUT2D eigenvalue weighted by molar-refractivity contribution is 0.130. The third kappa shape index (κ3) is 4.18. The Kier molecular flexibility index (Phi) is 5.50. The highest BCUT2D eigenvalue weighted by Crippen LogP contribution is 2.33. The molecule has 0 radical (unpaired) electrons. The molecule has 152 valence electrons. The fourth-order valence-corrected chi connectivity index (χ4v) is 3.36. The summed E-state index contributed by atoms with van der Waals surface area (Å²) < 4.78 is 5.11. The average molecular weight is 401 g/mol. The van der Waals surface area contributed by atoms with E-state index in [9.17, 15) is 9.90 Å². The molecule has 0 bridgehead atoms. The minimum absolute atomic E-state index is 0.214. The lowest BCUT2D eigenvalue weighted by Crippen LogP contribution is -2.18. The number of fused-ring (bicyclic) bond motifs is 2. The van der Waals surface area contributed by atoms with Gasteiger partial charge in [-0.25, -0.2) is 9.78 Å². The molecule has 1 aromatic heterocycles. The largest absolute Gasteiger partial charge is 0.447 e. The summed E-state index contributed by atoms with van der Waals surface area (Å²) in [7, 11) is 0. The predicted molar refractivity (Wildman–Crippen MR) is 120 cm³/mol. The number of nitrogens with one attached hydrogen (secondary N) is 2. The van der Waals surface area contributed by atoms with Gasteiger partial charge in [0.25, 0.3) is 0 Å². The molecule has 3 aromatic carbocycles. The summed E-state index contributed by atoms with van der Waals surface area (Å²) in [5, 5.41) is 18.7. The smallest absolute Gasteiger partial charge is 0.411 e. The zero-order chi connectivity index (χ0) is 21.1. The molecule has 0 saturated heterocycles. The van der Waals surface area contributed by atoms with Crippen LogP contribution in [-0.4, -0.2) is 22.3 Å². The molecule has 6 nitrogen and oxygen atoms in total. The fourth-order valence-electron chi connectivity index (χ4n) is 3.36. The van der Waals surface area contributed by atoms with Crippen LogP contribution in [0.2, 0.25) is 0 Å². The molecule has 1 atom stereocenters. The number of nitrogens with zero attached hydrogens (tertiary/aromatic N) is 1. The molecule has 0 aliphatic rings. The third-order valence-electron chi connectivity index (χ3n) is 4.66. The number of para-hydroxylation sites is 2. The van der Waals surface area contributed by atoms with Gasteiger partial charge in [0, 0.05) is 22.0 Å². The molecule has 3 N–H and O–H groups in total. The van der Waals surface area contributed by atoms with E-state index < -0.39 is 12.3 Å². The number of hydrogen-bond donors (Lipinski definition) is 3. The molecule has 1 heterocycles. The summed E-state index contributed by atoms with van der Waals surface area (Å²) in [4.78, 5) is 16.6. The van der Waals surface area contributed by atoms with Crippen LogP contribution in [0.25, 0.3) is 21.8 Å². The lowest BCUT2D eigenvalue weighted by Gasteiger charge is -2.19. The van der Waals surface area contributed by atoms with Crippen molar-refractivity contribution >= 4 is 39.3 Å². The first-order chi connectivity index (χ1) is 14.5. The maximum atomic E-state index is 11.9. The van der Waals surface area contributed by atoms with Crippen molar-refractivity contribution in [3.8, 4) is 0 Å². The normalized spacial score (nSPS) is 12.1. The average Bonchev–Trinajstić information content (AvgIpc) is 2.73. The maximum absolute atomic E-state index is 11.9. The van der Waals surface area contributed by atoms with Crippen LogP contribution < -0.4 is 10.6 Å². The highest BCUT2D eigenvalue weighted by molar-refractivity contribution is 6.07. The second-order valence-electron chi connectivity index (χ2n) is 7.27. The van der Waals surface area contributed by atoms with E-state index in [2.05, 4.69) is 10.6 Å². The molecular weight excluding hydrogens is 378 g/mol. The number of hydrogen-bond acceptors (Lipinski definition) is 5. The number of carbonyl (C=O) groups is 1. The summed E-state index contributed by atoms with van der Waals surface area (Å²) in [6.45, 7) is 3.57. The van der Waals surface area contributed by atoms with Crippen LogP contribution in [0, 0.1) is 0 Å². The van der Waals surface area contributed by atoms with E-state index >= 15 is 0 Å². The number of aliphatic hydroxyl groups is 1. The first-order valence-corrected chi connectivity index (χ1v) is 9.81. The summed E-state index contributed by atoms with van der Waals surface area (Å²) in [5.74, 6) is 0.